The molecule has 0 amide bonds. The molecular formula is C13H20BrClN2S. The van der Waals surface area contributed by atoms with Crippen LogP contribution in [0.5, 0.6) is 0 Å². The number of halogens is 2. The maximum absolute atomic E-state index is 6.14. The van der Waals surface area contributed by atoms with E-state index < -0.39 is 0 Å². The molecule has 1 aliphatic heterocycles. The summed E-state index contributed by atoms with van der Waals surface area (Å²) < 4.78 is 1.82. The van der Waals surface area contributed by atoms with Gasteiger partial charge in [0.05, 0.1) is 6.04 Å². The van der Waals surface area contributed by atoms with Crippen molar-refractivity contribution in [2.75, 3.05) is 19.6 Å². The van der Waals surface area contributed by atoms with Gasteiger partial charge in [0, 0.05) is 15.9 Å². The van der Waals surface area contributed by atoms with Crippen molar-refractivity contribution in [3.63, 3.8) is 0 Å². The fraction of sp³-hybridized carbons (Fsp3) is 0.692. The lowest BCUT2D eigenvalue weighted by Gasteiger charge is -2.28. The molecule has 5 heteroatoms. The van der Waals surface area contributed by atoms with Gasteiger partial charge in [0.2, 0.25) is 0 Å². The number of hydrogen-bond donors (Lipinski definition) is 1. The number of hydrogen-bond acceptors (Lipinski definition) is 3. The molecule has 1 aromatic rings. The zero-order valence-corrected chi connectivity index (χ0v) is 13.8. The molecule has 102 valence electrons. The molecule has 0 spiro atoms. The fourth-order valence-corrected chi connectivity index (χ4v) is 4.45. The van der Waals surface area contributed by atoms with Crippen LogP contribution in [-0.4, -0.2) is 24.5 Å². The van der Waals surface area contributed by atoms with Gasteiger partial charge in [-0.25, -0.2) is 0 Å². The summed E-state index contributed by atoms with van der Waals surface area (Å²) in [6.45, 7) is 5.31. The maximum Gasteiger partial charge on any atom is 0.107 e. The predicted octanol–water partition coefficient (Wildman–Crippen LogP) is 4.29. The largest absolute Gasteiger partial charge is 0.329 e. The summed E-state index contributed by atoms with van der Waals surface area (Å²) in [5.41, 5.74) is 5.99. The van der Waals surface area contributed by atoms with Gasteiger partial charge >= 0.3 is 0 Å². The lowest BCUT2D eigenvalue weighted by atomic mass is 10.0. The molecule has 0 bridgehead atoms. The minimum atomic E-state index is 0.323. The second-order valence-electron chi connectivity index (χ2n) is 5.09. The van der Waals surface area contributed by atoms with Gasteiger partial charge in [0.1, 0.15) is 4.34 Å². The van der Waals surface area contributed by atoms with E-state index in [0.717, 1.165) is 27.8 Å². The Morgan fingerprint density at radius 3 is 2.94 bits per heavy atom. The van der Waals surface area contributed by atoms with Crippen LogP contribution < -0.4 is 5.73 Å². The van der Waals surface area contributed by atoms with Gasteiger partial charge in [-0.2, -0.15) is 0 Å². The first-order valence-electron chi connectivity index (χ1n) is 6.50. The molecule has 1 aliphatic rings. The Morgan fingerprint density at radius 2 is 2.33 bits per heavy atom. The number of nitrogens with two attached hydrogens (primary N) is 1. The monoisotopic (exact) mass is 350 g/mol. The van der Waals surface area contributed by atoms with E-state index in [1.54, 1.807) is 11.3 Å². The normalized spacial score (nSPS) is 23.9. The second-order valence-corrected chi connectivity index (χ2v) is 7.63. The molecular weight excluding hydrogens is 332 g/mol. The molecule has 2 nitrogen and oxygen atoms in total. The summed E-state index contributed by atoms with van der Waals surface area (Å²) in [6, 6.07) is 2.45. The lowest BCUT2D eigenvalue weighted by molar-refractivity contribution is 0.210. The van der Waals surface area contributed by atoms with Crippen LogP contribution in [0.1, 0.15) is 37.1 Å². The Bertz CT molecular complexity index is 377. The number of thiophene rings is 1. The smallest absolute Gasteiger partial charge is 0.107 e. The van der Waals surface area contributed by atoms with Crippen LogP contribution >= 0.6 is 38.9 Å². The predicted molar refractivity (Wildman–Crippen MR) is 83.4 cm³/mol. The standard InChI is InChI=1S/C13H20BrClN2S/c1-9-3-2-5-17(6-4-9)11(8-16)12-7-10(14)13(15)18-12/h7,9,11H,2-6,8,16H2,1H3. The highest BCUT2D eigenvalue weighted by molar-refractivity contribution is 9.10. The molecule has 18 heavy (non-hydrogen) atoms. The SMILES string of the molecule is CC1CCCN(C(CN)c2cc(Br)c(Cl)s2)CC1. The first kappa shape index (κ1) is 14.8. The van der Waals surface area contributed by atoms with E-state index >= 15 is 0 Å². The Balaban J connectivity index is 2.12. The van der Waals surface area contributed by atoms with Crippen LogP contribution in [0.15, 0.2) is 10.5 Å². The molecule has 1 saturated heterocycles. The van der Waals surface area contributed by atoms with Crippen LogP contribution in [0.2, 0.25) is 4.34 Å². The number of nitrogens with zero attached hydrogens (tertiary/aromatic N) is 1. The highest BCUT2D eigenvalue weighted by atomic mass is 79.9. The van der Waals surface area contributed by atoms with Gasteiger partial charge in [-0.1, -0.05) is 18.5 Å². The zero-order valence-electron chi connectivity index (χ0n) is 10.7. The van der Waals surface area contributed by atoms with Crippen molar-refractivity contribution in [1.82, 2.24) is 4.90 Å². The van der Waals surface area contributed by atoms with E-state index in [-0.39, 0.29) is 0 Å². The van der Waals surface area contributed by atoms with E-state index in [4.69, 9.17) is 17.3 Å². The third kappa shape index (κ3) is 3.48. The van der Waals surface area contributed by atoms with Gasteiger partial charge in [0.15, 0.2) is 0 Å². The van der Waals surface area contributed by atoms with Crippen molar-refractivity contribution in [3.8, 4) is 0 Å². The lowest BCUT2D eigenvalue weighted by Crippen LogP contribution is -2.34. The van der Waals surface area contributed by atoms with Crippen molar-refractivity contribution < 1.29 is 0 Å². The summed E-state index contributed by atoms with van der Waals surface area (Å²) >= 11 is 11.3. The molecule has 2 heterocycles. The summed E-state index contributed by atoms with van der Waals surface area (Å²) in [6.07, 6.45) is 3.89. The van der Waals surface area contributed by atoms with E-state index in [0.29, 0.717) is 12.6 Å². The third-order valence-corrected chi connectivity index (χ3v) is 6.28. The highest BCUT2D eigenvalue weighted by Crippen LogP contribution is 2.37. The number of likely N-dealkylation sites (tertiary alicyclic amines) is 1. The Morgan fingerprint density at radius 1 is 1.56 bits per heavy atom. The summed E-state index contributed by atoms with van der Waals surface area (Å²) in [4.78, 5) is 3.81. The minimum absolute atomic E-state index is 0.323. The first-order valence-corrected chi connectivity index (χ1v) is 8.49. The van der Waals surface area contributed by atoms with Crippen LogP contribution in [0.4, 0.5) is 0 Å². The van der Waals surface area contributed by atoms with Crippen molar-refractivity contribution in [2.24, 2.45) is 11.7 Å². The maximum atomic E-state index is 6.14. The van der Waals surface area contributed by atoms with Gasteiger partial charge in [0.25, 0.3) is 0 Å². The van der Waals surface area contributed by atoms with Crippen LogP contribution in [-0.2, 0) is 0 Å². The first-order chi connectivity index (χ1) is 8.61. The van der Waals surface area contributed by atoms with Crippen molar-refractivity contribution in [2.45, 2.75) is 32.2 Å². The molecule has 0 aliphatic carbocycles. The molecule has 0 saturated carbocycles. The van der Waals surface area contributed by atoms with E-state index in [1.165, 1.54) is 24.1 Å². The minimum Gasteiger partial charge on any atom is -0.329 e. The van der Waals surface area contributed by atoms with Gasteiger partial charge in [-0.3, -0.25) is 4.90 Å². The van der Waals surface area contributed by atoms with E-state index in [9.17, 15) is 0 Å². The van der Waals surface area contributed by atoms with Crippen LogP contribution in [0.25, 0.3) is 0 Å². The molecule has 2 N–H and O–H groups in total. The average molecular weight is 352 g/mol. The van der Waals surface area contributed by atoms with E-state index in [2.05, 4.69) is 33.8 Å². The third-order valence-electron chi connectivity index (χ3n) is 3.71. The quantitative estimate of drug-likeness (QED) is 0.880. The van der Waals surface area contributed by atoms with Crippen molar-refractivity contribution in [1.29, 1.82) is 0 Å². The zero-order chi connectivity index (χ0) is 13.1. The van der Waals surface area contributed by atoms with Gasteiger partial charge < -0.3 is 5.73 Å². The topological polar surface area (TPSA) is 29.3 Å². The summed E-state index contributed by atoms with van der Waals surface area (Å²) in [7, 11) is 0. The summed E-state index contributed by atoms with van der Waals surface area (Å²) in [5, 5.41) is 0. The highest BCUT2D eigenvalue weighted by Gasteiger charge is 2.24. The van der Waals surface area contributed by atoms with Crippen LogP contribution in [0, 0.1) is 5.92 Å². The van der Waals surface area contributed by atoms with Gasteiger partial charge in [-0.15, -0.1) is 11.3 Å². The van der Waals surface area contributed by atoms with Gasteiger partial charge in [-0.05, 0) is 60.3 Å². The number of rotatable bonds is 3. The van der Waals surface area contributed by atoms with Crippen molar-refractivity contribution >= 4 is 38.9 Å². The fourth-order valence-electron chi connectivity index (χ4n) is 2.57. The molecule has 0 radical (unpaired) electrons. The molecule has 1 aromatic heterocycles. The van der Waals surface area contributed by atoms with Crippen LogP contribution in [0.3, 0.4) is 0 Å². The van der Waals surface area contributed by atoms with Crippen molar-refractivity contribution in [3.05, 3.63) is 19.8 Å². The van der Waals surface area contributed by atoms with E-state index in [1.807, 2.05) is 0 Å². The average Bonchev–Trinajstić information content (AvgIpc) is 2.53. The molecule has 2 rings (SSSR count). The molecule has 1 fully saturated rings. The Hall–Kier alpha value is 0.390. The molecule has 0 aromatic carbocycles. The Labute approximate surface area is 127 Å². The molecule has 2 atom stereocenters. The Kier molecular flexibility index (Phi) is 5.51. The second kappa shape index (κ2) is 6.71. The summed E-state index contributed by atoms with van der Waals surface area (Å²) in [5.74, 6) is 0.840. The molecule has 2 unspecified atom stereocenters.